The Balaban J connectivity index is 1.95. The van der Waals surface area contributed by atoms with Crippen LogP contribution in [0.3, 0.4) is 0 Å². The minimum atomic E-state index is 0.0643. The molecule has 1 aromatic carbocycles. The van der Waals surface area contributed by atoms with Gasteiger partial charge in [0.1, 0.15) is 17.2 Å². The van der Waals surface area contributed by atoms with Crippen molar-refractivity contribution < 1.29 is 14.3 Å². The van der Waals surface area contributed by atoms with Crippen molar-refractivity contribution in [2.24, 2.45) is 5.92 Å². The maximum Gasteiger partial charge on any atom is 0.227 e. The number of carbonyl (C=O) groups is 1. The summed E-state index contributed by atoms with van der Waals surface area (Å²) in [6, 6.07) is 5.53. The molecule has 0 aliphatic heterocycles. The van der Waals surface area contributed by atoms with Gasteiger partial charge in [-0.3, -0.25) is 9.89 Å². The highest BCUT2D eigenvalue weighted by Gasteiger charge is 2.27. The summed E-state index contributed by atoms with van der Waals surface area (Å²) in [5, 5.41) is 10.3. The summed E-state index contributed by atoms with van der Waals surface area (Å²) < 4.78 is 10.7. The largest absolute Gasteiger partial charge is 0.497 e. The van der Waals surface area contributed by atoms with Crippen molar-refractivity contribution >= 4 is 11.6 Å². The van der Waals surface area contributed by atoms with Gasteiger partial charge in [-0.05, 0) is 31.9 Å². The molecule has 1 saturated carbocycles. The summed E-state index contributed by atoms with van der Waals surface area (Å²) in [5.41, 5.74) is 3.02. The SMILES string of the molecule is COc1ccc(-c2n[nH]c(C)c2NC(=O)C2CCC2)c(OC)c1. The number of rotatable bonds is 5. The van der Waals surface area contributed by atoms with Crippen LogP contribution < -0.4 is 14.8 Å². The molecule has 0 bridgehead atoms. The van der Waals surface area contributed by atoms with E-state index in [0.717, 1.165) is 30.5 Å². The highest BCUT2D eigenvalue weighted by Crippen LogP contribution is 2.38. The van der Waals surface area contributed by atoms with Crippen molar-refractivity contribution in [1.29, 1.82) is 0 Å². The van der Waals surface area contributed by atoms with Crippen LogP contribution in [0.4, 0.5) is 5.69 Å². The molecule has 3 rings (SSSR count). The number of hydrogen-bond donors (Lipinski definition) is 2. The number of nitrogens with zero attached hydrogens (tertiary/aromatic N) is 1. The lowest BCUT2D eigenvalue weighted by Gasteiger charge is -2.24. The van der Waals surface area contributed by atoms with E-state index in [0.29, 0.717) is 22.9 Å². The number of hydrogen-bond acceptors (Lipinski definition) is 4. The molecule has 0 atom stereocenters. The predicted molar refractivity (Wildman–Crippen MR) is 87.8 cm³/mol. The van der Waals surface area contributed by atoms with Crippen molar-refractivity contribution in [3.8, 4) is 22.8 Å². The number of carbonyl (C=O) groups excluding carboxylic acids is 1. The molecule has 2 N–H and O–H groups in total. The van der Waals surface area contributed by atoms with Crippen LogP contribution in [0.15, 0.2) is 18.2 Å². The Morgan fingerprint density at radius 2 is 2.09 bits per heavy atom. The number of aromatic nitrogens is 2. The molecule has 0 unspecified atom stereocenters. The fourth-order valence-electron chi connectivity index (χ4n) is 2.67. The summed E-state index contributed by atoms with van der Waals surface area (Å²) in [6.45, 7) is 1.89. The van der Waals surface area contributed by atoms with Crippen LogP contribution in [0.25, 0.3) is 11.3 Å². The monoisotopic (exact) mass is 315 g/mol. The molecular formula is C17H21N3O3. The van der Waals surface area contributed by atoms with Crippen LogP contribution >= 0.6 is 0 Å². The molecule has 1 fully saturated rings. The van der Waals surface area contributed by atoms with E-state index >= 15 is 0 Å². The third-order valence-electron chi connectivity index (χ3n) is 4.34. The number of methoxy groups -OCH3 is 2. The van der Waals surface area contributed by atoms with Gasteiger partial charge < -0.3 is 14.8 Å². The van der Waals surface area contributed by atoms with Crippen LogP contribution in [-0.2, 0) is 4.79 Å². The van der Waals surface area contributed by atoms with Crippen LogP contribution in [0.2, 0.25) is 0 Å². The Labute approximate surface area is 135 Å². The number of aromatic amines is 1. The molecule has 6 heteroatoms. The third kappa shape index (κ3) is 2.88. The van der Waals surface area contributed by atoms with Crippen molar-refractivity contribution in [3.05, 3.63) is 23.9 Å². The van der Waals surface area contributed by atoms with Crippen LogP contribution in [0, 0.1) is 12.8 Å². The zero-order chi connectivity index (χ0) is 16.4. The van der Waals surface area contributed by atoms with E-state index in [4.69, 9.17) is 9.47 Å². The normalized spacial score (nSPS) is 14.2. The average molecular weight is 315 g/mol. The van der Waals surface area contributed by atoms with Crippen LogP contribution in [0.1, 0.15) is 25.0 Å². The number of H-pyrrole nitrogens is 1. The van der Waals surface area contributed by atoms with Gasteiger partial charge in [0, 0.05) is 17.5 Å². The first kappa shape index (κ1) is 15.4. The van der Waals surface area contributed by atoms with Crippen molar-refractivity contribution in [3.63, 3.8) is 0 Å². The minimum absolute atomic E-state index is 0.0643. The quantitative estimate of drug-likeness (QED) is 0.888. The second kappa shape index (κ2) is 6.32. The number of benzene rings is 1. The fraction of sp³-hybridized carbons (Fsp3) is 0.412. The third-order valence-corrected chi connectivity index (χ3v) is 4.34. The lowest BCUT2D eigenvalue weighted by Crippen LogP contribution is -2.28. The second-order valence-electron chi connectivity index (χ2n) is 5.76. The van der Waals surface area contributed by atoms with E-state index in [1.807, 2.05) is 19.1 Å². The molecule has 23 heavy (non-hydrogen) atoms. The Bertz CT molecular complexity index is 720. The van der Waals surface area contributed by atoms with E-state index in [1.165, 1.54) is 0 Å². The molecule has 1 aliphatic carbocycles. The van der Waals surface area contributed by atoms with Crippen molar-refractivity contribution in [2.75, 3.05) is 19.5 Å². The van der Waals surface area contributed by atoms with Gasteiger partial charge in [-0.25, -0.2) is 0 Å². The molecule has 1 aromatic heterocycles. The zero-order valence-electron chi connectivity index (χ0n) is 13.6. The number of anilines is 1. The number of ether oxygens (including phenoxy) is 2. The topological polar surface area (TPSA) is 76.2 Å². The Kier molecular flexibility index (Phi) is 4.23. The van der Waals surface area contributed by atoms with Gasteiger partial charge in [-0.1, -0.05) is 6.42 Å². The highest BCUT2D eigenvalue weighted by molar-refractivity contribution is 5.97. The van der Waals surface area contributed by atoms with Gasteiger partial charge in [-0.2, -0.15) is 5.10 Å². The lowest BCUT2D eigenvalue weighted by molar-refractivity contribution is -0.122. The lowest BCUT2D eigenvalue weighted by atomic mass is 9.85. The highest BCUT2D eigenvalue weighted by atomic mass is 16.5. The smallest absolute Gasteiger partial charge is 0.227 e. The maximum absolute atomic E-state index is 12.3. The van der Waals surface area contributed by atoms with Crippen molar-refractivity contribution in [1.82, 2.24) is 10.2 Å². The summed E-state index contributed by atoms with van der Waals surface area (Å²) >= 11 is 0. The molecule has 0 saturated heterocycles. The molecule has 2 aromatic rings. The van der Waals surface area contributed by atoms with E-state index in [-0.39, 0.29) is 11.8 Å². The molecule has 0 spiro atoms. The average Bonchev–Trinajstić information content (AvgIpc) is 2.85. The zero-order valence-corrected chi connectivity index (χ0v) is 13.6. The van der Waals surface area contributed by atoms with E-state index < -0.39 is 0 Å². The number of amides is 1. The van der Waals surface area contributed by atoms with Crippen molar-refractivity contribution in [2.45, 2.75) is 26.2 Å². The van der Waals surface area contributed by atoms with Gasteiger partial charge in [-0.15, -0.1) is 0 Å². The maximum atomic E-state index is 12.3. The van der Waals surface area contributed by atoms with Gasteiger partial charge in [0.25, 0.3) is 0 Å². The molecule has 122 valence electrons. The van der Waals surface area contributed by atoms with Gasteiger partial charge >= 0.3 is 0 Å². The minimum Gasteiger partial charge on any atom is -0.497 e. The Hall–Kier alpha value is -2.50. The standard InChI is InChI=1S/C17H21N3O3/c1-10-15(18-17(21)11-5-4-6-11)16(20-19-10)13-8-7-12(22-2)9-14(13)23-3/h7-9,11H,4-6H2,1-3H3,(H,18,21)(H,19,20). The van der Waals surface area contributed by atoms with E-state index in [9.17, 15) is 4.79 Å². The molecule has 6 nitrogen and oxygen atoms in total. The van der Waals surface area contributed by atoms with Gasteiger partial charge in [0.2, 0.25) is 5.91 Å². The predicted octanol–water partition coefficient (Wildman–Crippen LogP) is 3.14. The number of aryl methyl sites for hydroxylation is 1. The summed E-state index contributed by atoms with van der Waals surface area (Å²) in [5.74, 6) is 1.54. The Morgan fingerprint density at radius 3 is 2.70 bits per heavy atom. The van der Waals surface area contributed by atoms with E-state index in [1.54, 1.807) is 20.3 Å². The first-order chi connectivity index (χ1) is 11.1. The second-order valence-corrected chi connectivity index (χ2v) is 5.76. The summed E-state index contributed by atoms with van der Waals surface area (Å²) in [7, 11) is 3.21. The molecular weight excluding hydrogens is 294 g/mol. The van der Waals surface area contributed by atoms with Crippen LogP contribution in [-0.4, -0.2) is 30.3 Å². The molecule has 1 heterocycles. The van der Waals surface area contributed by atoms with Gasteiger partial charge in [0.05, 0.1) is 25.6 Å². The molecule has 0 radical (unpaired) electrons. The van der Waals surface area contributed by atoms with E-state index in [2.05, 4.69) is 15.5 Å². The number of nitrogens with one attached hydrogen (secondary N) is 2. The van der Waals surface area contributed by atoms with Gasteiger partial charge in [0.15, 0.2) is 0 Å². The Morgan fingerprint density at radius 1 is 1.30 bits per heavy atom. The molecule has 1 aliphatic rings. The fourth-order valence-corrected chi connectivity index (χ4v) is 2.67. The summed E-state index contributed by atoms with van der Waals surface area (Å²) in [6.07, 6.45) is 3.05. The molecule has 1 amide bonds. The first-order valence-corrected chi connectivity index (χ1v) is 7.72. The van der Waals surface area contributed by atoms with Crippen LogP contribution in [0.5, 0.6) is 11.5 Å². The first-order valence-electron chi connectivity index (χ1n) is 7.72. The summed E-state index contributed by atoms with van der Waals surface area (Å²) in [4.78, 5) is 12.3.